The van der Waals surface area contributed by atoms with E-state index >= 15 is 9.59 Å². The molecule has 2 spiro atoms. The maximum atomic E-state index is 15.3. The largest absolute Gasteiger partial charge is 0.307 e. The molecule has 0 saturated heterocycles. The van der Waals surface area contributed by atoms with Gasteiger partial charge in [-0.1, -0.05) is 97.1 Å². The minimum Gasteiger partial charge on any atom is -0.307 e. The second-order valence-corrected chi connectivity index (χ2v) is 11.5. The molecule has 3 atom stereocenters. The topological polar surface area (TPSA) is 131 Å². The lowest BCUT2D eigenvalue weighted by molar-refractivity contribution is -0.529. The normalized spacial score (nSPS) is 24.3. The third-order valence-corrected chi connectivity index (χ3v) is 9.60. The second kappa shape index (κ2) is 9.62. The Morgan fingerprint density at radius 2 is 1.16 bits per heavy atom. The fourth-order valence-corrected chi connectivity index (χ4v) is 7.96. The highest BCUT2D eigenvalue weighted by Gasteiger charge is 2.88. The van der Waals surface area contributed by atoms with Crippen LogP contribution in [0.5, 0.6) is 0 Å². The fraction of sp³-hybridized carbons (Fsp3) is 0.200. The molecule has 7 rings (SSSR count). The summed E-state index contributed by atoms with van der Waals surface area (Å²) in [4.78, 5) is 46.0. The van der Waals surface area contributed by atoms with Crippen molar-refractivity contribution in [2.24, 2.45) is 5.41 Å². The molecular formula is C35H25N5O4. The quantitative estimate of drug-likeness (QED) is 0.241. The molecule has 3 unspecified atom stereocenters. The fourth-order valence-electron chi connectivity index (χ4n) is 7.96. The number of nitriles is 2. The predicted octanol–water partition coefficient (Wildman–Crippen LogP) is 5.04. The van der Waals surface area contributed by atoms with Gasteiger partial charge in [0.2, 0.25) is 17.9 Å². The Kier molecular flexibility index (Phi) is 5.91. The summed E-state index contributed by atoms with van der Waals surface area (Å²) in [6.45, 7) is 0.183. The molecule has 2 heterocycles. The van der Waals surface area contributed by atoms with Crippen molar-refractivity contribution in [3.63, 3.8) is 0 Å². The van der Waals surface area contributed by atoms with E-state index < -0.39 is 45.4 Å². The lowest BCUT2D eigenvalue weighted by Gasteiger charge is -2.42. The molecule has 9 nitrogen and oxygen atoms in total. The monoisotopic (exact) mass is 579 g/mol. The van der Waals surface area contributed by atoms with Crippen LogP contribution in [0.4, 0.5) is 11.4 Å². The number of rotatable bonds is 5. The molecule has 1 saturated carbocycles. The molecule has 44 heavy (non-hydrogen) atoms. The Hall–Kier alpha value is -5.80. The van der Waals surface area contributed by atoms with Crippen molar-refractivity contribution in [2.75, 3.05) is 9.80 Å². The Morgan fingerprint density at radius 1 is 0.705 bits per heavy atom. The van der Waals surface area contributed by atoms with E-state index in [1.165, 1.54) is 9.80 Å². The number of fused-ring (bicyclic) bond motifs is 5. The first-order valence-electron chi connectivity index (χ1n) is 14.2. The van der Waals surface area contributed by atoms with Crippen LogP contribution in [0.25, 0.3) is 0 Å². The van der Waals surface area contributed by atoms with E-state index in [1.54, 1.807) is 48.5 Å². The summed E-state index contributed by atoms with van der Waals surface area (Å²) in [6.07, 6.45) is -0.592. The summed E-state index contributed by atoms with van der Waals surface area (Å²) in [5.74, 6) is -1.33. The Bertz CT molecular complexity index is 1920. The third-order valence-electron chi connectivity index (χ3n) is 9.60. The molecule has 4 aromatic carbocycles. The van der Waals surface area contributed by atoms with Crippen LogP contribution in [0.15, 0.2) is 109 Å². The van der Waals surface area contributed by atoms with Crippen molar-refractivity contribution >= 4 is 23.2 Å². The number of anilines is 2. The van der Waals surface area contributed by atoms with Gasteiger partial charge in [0.1, 0.15) is 5.41 Å². The standard InChI is InChI=1S/C35H25N5O4/c36-22-33(23-37)19-30(40(43)44)34(26-15-7-9-17-28(26)38(31(34)41)20-24-11-3-1-4-12-24)35(33)27-16-8-10-18-29(27)39(32(35)42)21-25-13-5-2-6-14-25/h1-18,30H,19-21H2. The number of hydrogen-bond donors (Lipinski definition) is 0. The summed E-state index contributed by atoms with van der Waals surface area (Å²) >= 11 is 0. The highest BCUT2D eigenvalue weighted by atomic mass is 16.6. The van der Waals surface area contributed by atoms with Gasteiger partial charge in [0, 0.05) is 16.3 Å². The van der Waals surface area contributed by atoms with Crippen LogP contribution in [0.2, 0.25) is 0 Å². The SMILES string of the molecule is N#CC1(C#N)CC([N+](=O)[O-])C2(C(=O)N(Cc3ccccc3)c3ccccc32)C12C(=O)N(Cc1ccccc1)c1ccccc12. The van der Waals surface area contributed by atoms with Gasteiger partial charge in [0.15, 0.2) is 10.8 Å². The van der Waals surface area contributed by atoms with Crippen LogP contribution in [-0.4, -0.2) is 22.8 Å². The summed E-state index contributed by atoms with van der Waals surface area (Å²) in [7, 11) is 0. The summed E-state index contributed by atoms with van der Waals surface area (Å²) < 4.78 is 0. The molecule has 0 radical (unpaired) electrons. The number of carbonyl (C=O) groups excluding carboxylic acids is 2. The molecule has 4 aromatic rings. The number of carbonyl (C=O) groups is 2. The van der Waals surface area contributed by atoms with Crippen LogP contribution < -0.4 is 9.80 Å². The molecule has 0 N–H and O–H groups in total. The van der Waals surface area contributed by atoms with Crippen LogP contribution in [-0.2, 0) is 33.5 Å². The molecule has 9 heteroatoms. The average molecular weight is 580 g/mol. The maximum absolute atomic E-state index is 15.3. The average Bonchev–Trinajstić information content (AvgIpc) is 3.59. The smallest absolute Gasteiger partial charge is 0.246 e. The first kappa shape index (κ1) is 27.1. The van der Waals surface area contributed by atoms with Crippen LogP contribution >= 0.6 is 0 Å². The van der Waals surface area contributed by atoms with Gasteiger partial charge in [-0.15, -0.1) is 0 Å². The van der Waals surface area contributed by atoms with Gasteiger partial charge in [-0.25, -0.2) is 0 Å². The van der Waals surface area contributed by atoms with Crippen molar-refractivity contribution in [2.45, 2.75) is 36.4 Å². The van der Waals surface area contributed by atoms with Crippen LogP contribution in [0.3, 0.4) is 0 Å². The second-order valence-electron chi connectivity index (χ2n) is 11.5. The molecule has 0 bridgehead atoms. The molecule has 3 aliphatic rings. The molecule has 1 fully saturated rings. The van der Waals surface area contributed by atoms with E-state index in [0.717, 1.165) is 11.1 Å². The third kappa shape index (κ3) is 3.16. The zero-order valence-corrected chi connectivity index (χ0v) is 23.5. The van der Waals surface area contributed by atoms with E-state index in [1.807, 2.05) is 60.7 Å². The van der Waals surface area contributed by atoms with Gasteiger partial charge in [-0.2, -0.15) is 10.5 Å². The molecule has 2 amide bonds. The Labute approximate surface area is 253 Å². The number of nitro groups is 1. The Balaban J connectivity index is 1.57. The van der Waals surface area contributed by atoms with Crippen molar-refractivity contribution < 1.29 is 14.5 Å². The highest BCUT2D eigenvalue weighted by molar-refractivity contribution is 6.20. The van der Waals surface area contributed by atoms with E-state index in [9.17, 15) is 20.6 Å². The van der Waals surface area contributed by atoms with Crippen molar-refractivity contribution in [1.29, 1.82) is 10.5 Å². The van der Waals surface area contributed by atoms with Crippen molar-refractivity contribution in [3.8, 4) is 12.1 Å². The van der Waals surface area contributed by atoms with Crippen LogP contribution in [0, 0.1) is 38.2 Å². The zero-order valence-electron chi connectivity index (χ0n) is 23.5. The highest BCUT2D eigenvalue weighted by Crippen LogP contribution is 2.72. The number of amides is 2. The van der Waals surface area contributed by atoms with Gasteiger partial charge < -0.3 is 9.80 Å². The van der Waals surface area contributed by atoms with E-state index in [4.69, 9.17) is 0 Å². The predicted molar refractivity (Wildman–Crippen MR) is 161 cm³/mol. The van der Waals surface area contributed by atoms with E-state index in [2.05, 4.69) is 12.1 Å². The molecule has 2 aliphatic heterocycles. The maximum Gasteiger partial charge on any atom is 0.246 e. The van der Waals surface area contributed by atoms with Crippen molar-refractivity contribution in [3.05, 3.63) is 142 Å². The first-order valence-corrected chi connectivity index (χ1v) is 14.2. The summed E-state index contributed by atoms with van der Waals surface area (Å²) in [5, 5.41) is 34.8. The lowest BCUT2D eigenvalue weighted by Crippen LogP contribution is -2.65. The summed E-state index contributed by atoms with van der Waals surface area (Å²) in [5.41, 5.74) is -3.64. The van der Waals surface area contributed by atoms with Crippen LogP contribution in [0.1, 0.15) is 28.7 Å². The molecule has 0 aromatic heterocycles. The first-order chi connectivity index (χ1) is 21.4. The minimum atomic E-state index is -2.23. The number of hydrogen-bond acceptors (Lipinski definition) is 6. The van der Waals surface area contributed by atoms with Gasteiger partial charge in [0.25, 0.3) is 0 Å². The lowest BCUT2D eigenvalue weighted by atomic mass is 9.51. The zero-order chi connectivity index (χ0) is 30.7. The molecule has 1 aliphatic carbocycles. The van der Waals surface area contributed by atoms with E-state index in [-0.39, 0.29) is 24.2 Å². The number of nitrogens with zero attached hydrogens (tertiary/aromatic N) is 5. The van der Waals surface area contributed by atoms with Gasteiger partial charge in [-0.05, 0) is 34.4 Å². The van der Waals surface area contributed by atoms with Crippen molar-refractivity contribution in [1.82, 2.24) is 0 Å². The Morgan fingerprint density at radius 3 is 1.68 bits per heavy atom. The van der Waals surface area contributed by atoms with Gasteiger partial charge >= 0.3 is 0 Å². The van der Waals surface area contributed by atoms with E-state index in [0.29, 0.717) is 11.4 Å². The van der Waals surface area contributed by atoms with Gasteiger partial charge in [0.05, 0.1) is 31.6 Å². The number of para-hydroxylation sites is 2. The van der Waals surface area contributed by atoms with Gasteiger partial charge in [-0.3, -0.25) is 19.7 Å². The molecule has 214 valence electrons. The summed E-state index contributed by atoms with van der Waals surface area (Å²) in [6, 6.07) is 34.4. The minimum absolute atomic E-state index is 0.0914. The number of benzene rings is 4. The molecular weight excluding hydrogens is 554 g/mol.